The molecule has 0 aromatic rings. The molecule has 0 saturated carbocycles. The molecule has 0 aromatic carbocycles. The van der Waals surface area contributed by atoms with Crippen LogP contribution in [0.25, 0.3) is 0 Å². The van der Waals surface area contributed by atoms with E-state index in [1.165, 1.54) is 42.7 Å². The van der Waals surface area contributed by atoms with E-state index < -0.39 is 29.5 Å². The zero-order valence-corrected chi connectivity index (χ0v) is 18.1. The Morgan fingerprint density at radius 1 is 0.692 bits per heavy atom. The highest BCUT2D eigenvalue weighted by Gasteiger charge is 2.40. The van der Waals surface area contributed by atoms with Gasteiger partial charge in [0.25, 0.3) is 0 Å². The molecule has 0 unspecified atom stereocenters. The molecule has 0 N–H and O–H groups in total. The molecule has 0 aliphatic heterocycles. The second-order valence-electron chi connectivity index (χ2n) is 4.80. The molecule has 0 aliphatic carbocycles. The summed E-state index contributed by atoms with van der Waals surface area (Å²) in [5.41, 5.74) is 0. The highest BCUT2D eigenvalue weighted by Crippen LogP contribution is 2.14. The molecular weight excluding hydrogens is 384 g/mol. The molecule has 0 rings (SSSR count). The third-order valence-corrected chi connectivity index (χ3v) is 8.68. The zero-order chi connectivity index (χ0) is 20.1. The molecule has 26 heavy (non-hydrogen) atoms. The molecule has 0 amide bonds. The van der Waals surface area contributed by atoms with E-state index in [1.54, 1.807) is 0 Å². The van der Waals surface area contributed by atoms with E-state index in [-0.39, 0.29) is 12.8 Å². The molecule has 0 saturated heterocycles. The molecule has 0 spiro atoms. The van der Waals surface area contributed by atoms with E-state index in [9.17, 15) is 9.59 Å². The number of ether oxygens (including phenoxy) is 2. The van der Waals surface area contributed by atoms with Gasteiger partial charge in [-0.15, -0.1) is 0 Å². The third kappa shape index (κ3) is 8.50. The lowest BCUT2D eigenvalue weighted by Crippen LogP contribution is -2.48. The summed E-state index contributed by atoms with van der Waals surface area (Å²) in [6.45, 7) is 0.135. The van der Waals surface area contributed by atoms with E-state index in [2.05, 4.69) is 0 Å². The quantitative estimate of drug-likeness (QED) is 0.171. The van der Waals surface area contributed by atoms with Crippen molar-refractivity contribution in [1.82, 2.24) is 0 Å². The molecule has 10 nitrogen and oxygen atoms in total. The van der Waals surface area contributed by atoms with Gasteiger partial charge in [-0.3, -0.25) is 0 Å². The fraction of sp³-hybridized carbons (Fsp3) is 0.714. The van der Waals surface area contributed by atoms with Gasteiger partial charge >= 0.3 is 29.5 Å². The van der Waals surface area contributed by atoms with Gasteiger partial charge < -0.3 is 36.0 Å². The first kappa shape index (κ1) is 24.9. The summed E-state index contributed by atoms with van der Waals surface area (Å²) >= 11 is 0. The second-order valence-corrected chi connectivity index (χ2v) is 10.8. The summed E-state index contributed by atoms with van der Waals surface area (Å²) in [7, 11) is 3.02. The largest absolute Gasteiger partial charge is 0.539 e. The molecule has 12 heteroatoms. The van der Waals surface area contributed by atoms with Crippen molar-refractivity contribution >= 4 is 29.5 Å². The van der Waals surface area contributed by atoms with Crippen LogP contribution in [-0.2, 0) is 45.6 Å². The topological polar surface area (TPSA) is 108 Å². The van der Waals surface area contributed by atoms with Gasteiger partial charge in [-0.05, 0) is 6.42 Å². The van der Waals surface area contributed by atoms with Crippen molar-refractivity contribution in [3.8, 4) is 0 Å². The molecule has 0 bridgehead atoms. The second kappa shape index (κ2) is 13.1. The molecule has 0 atom stereocenters. The van der Waals surface area contributed by atoms with Crippen LogP contribution >= 0.6 is 0 Å². The standard InChI is InChI=1S/C14H28O10Si2/c1-17-25(18-2,19-3)11-7-10-23-13(15)8-9-14(16)24-12-26(20-4,21-5)22-6/h8-9H,7,10-12H2,1-6H3. The van der Waals surface area contributed by atoms with Gasteiger partial charge in [-0.2, -0.15) is 0 Å². The fourth-order valence-electron chi connectivity index (χ4n) is 1.84. The third-order valence-electron chi connectivity index (χ3n) is 3.48. The molecule has 0 aliphatic rings. The normalized spacial score (nSPS) is 12.4. The summed E-state index contributed by atoms with van der Waals surface area (Å²) in [5.74, 6) is -1.41. The molecule has 152 valence electrons. The average molecular weight is 413 g/mol. The smallest absolute Gasteiger partial charge is 0.463 e. The van der Waals surface area contributed by atoms with Crippen molar-refractivity contribution in [1.29, 1.82) is 0 Å². The van der Waals surface area contributed by atoms with Crippen LogP contribution in [0.3, 0.4) is 0 Å². The Morgan fingerprint density at radius 2 is 1.12 bits per heavy atom. The molecule has 0 heterocycles. The number of hydrogen-bond acceptors (Lipinski definition) is 10. The number of carbonyl (C=O) groups is 2. The first-order valence-electron chi connectivity index (χ1n) is 7.69. The van der Waals surface area contributed by atoms with Crippen LogP contribution in [0.4, 0.5) is 0 Å². The Morgan fingerprint density at radius 3 is 1.54 bits per heavy atom. The summed E-state index contributed by atoms with van der Waals surface area (Å²) in [4.78, 5) is 23.2. The van der Waals surface area contributed by atoms with E-state index in [0.29, 0.717) is 12.5 Å². The number of esters is 2. The Bertz CT molecular complexity index is 432. The predicted octanol–water partition coefficient (Wildman–Crippen LogP) is 0.315. The Kier molecular flexibility index (Phi) is 12.5. The first-order chi connectivity index (χ1) is 12.4. The van der Waals surface area contributed by atoms with E-state index in [0.717, 1.165) is 12.2 Å². The van der Waals surface area contributed by atoms with Crippen LogP contribution in [0.2, 0.25) is 6.04 Å². The molecule has 0 aromatic heterocycles. The average Bonchev–Trinajstić information content (AvgIpc) is 2.68. The van der Waals surface area contributed by atoms with E-state index in [1.807, 2.05) is 0 Å². The Hall–Kier alpha value is -1.13. The van der Waals surface area contributed by atoms with Crippen molar-refractivity contribution in [2.24, 2.45) is 0 Å². The van der Waals surface area contributed by atoms with Crippen molar-refractivity contribution in [2.45, 2.75) is 12.5 Å². The summed E-state index contributed by atoms with van der Waals surface area (Å²) in [6.07, 6.45) is 2.26. The number of rotatable bonds is 14. The molecule has 0 radical (unpaired) electrons. The summed E-state index contributed by atoms with van der Waals surface area (Å²) in [6, 6.07) is 0.493. The maximum absolute atomic E-state index is 11.6. The summed E-state index contributed by atoms with van der Waals surface area (Å²) < 4.78 is 41.0. The fourth-order valence-corrected chi connectivity index (χ4v) is 4.70. The predicted molar refractivity (Wildman–Crippen MR) is 94.0 cm³/mol. The van der Waals surface area contributed by atoms with Gasteiger partial charge in [0.15, 0.2) is 6.23 Å². The lowest BCUT2D eigenvalue weighted by atomic mass is 10.5. The number of hydrogen-bond donors (Lipinski definition) is 0. The molecule has 0 fully saturated rings. The SMILES string of the molecule is CO[Si](CCCOC(=O)C=CC(=O)OC[Si](OC)(OC)OC)(OC)OC. The van der Waals surface area contributed by atoms with Gasteiger partial charge in [0, 0.05) is 60.9 Å². The molecular formula is C14H28O10Si2. The van der Waals surface area contributed by atoms with Gasteiger partial charge in [-0.1, -0.05) is 0 Å². The van der Waals surface area contributed by atoms with Gasteiger partial charge in [-0.25, -0.2) is 9.59 Å². The minimum Gasteiger partial charge on any atom is -0.463 e. The van der Waals surface area contributed by atoms with Crippen LogP contribution in [0.5, 0.6) is 0 Å². The highest BCUT2D eigenvalue weighted by molar-refractivity contribution is 6.60. The first-order valence-corrected chi connectivity index (χ1v) is 11.5. The lowest BCUT2D eigenvalue weighted by molar-refractivity contribution is -0.140. The van der Waals surface area contributed by atoms with Crippen molar-refractivity contribution in [3.05, 3.63) is 12.2 Å². The Balaban J connectivity index is 4.21. The van der Waals surface area contributed by atoms with Crippen LogP contribution in [-0.4, -0.2) is 85.0 Å². The van der Waals surface area contributed by atoms with Crippen LogP contribution in [0.15, 0.2) is 12.2 Å². The minimum absolute atomic E-state index is 0.135. The van der Waals surface area contributed by atoms with E-state index >= 15 is 0 Å². The van der Waals surface area contributed by atoms with Crippen molar-refractivity contribution < 1.29 is 45.6 Å². The van der Waals surface area contributed by atoms with Gasteiger partial charge in [0.05, 0.1) is 6.61 Å². The van der Waals surface area contributed by atoms with Crippen LogP contribution < -0.4 is 0 Å². The van der Waals surface area contributed by atoms with Crippen molar-refractivity contribution in [3.63, 3.8) is 0 Å². The maximum Gasteiger partial charge on any atom is 0.539 e. The maximum atomic E-state index is 11.6. The number of carbonyl (C=O) groups excluding carboxylic acids is 2. The lowest BCUT2D eigenvalue weighted by Gasteiger charge is -2.23. The Labute approximate surface area is 156 Å². The summed E-state index contributed by atoms with van der Waals surface area (Å²) in [5, 5.41) is 0. The zero-order valence-electron chi connectivity index (χ0n) is 16.1. The van der Waals surface area contributed by atoms with E-state index in [4.69, 9.17) is 36.0 Å². The monoisotopic (exact) mass is 412 g/mol. The highest BCUT2D eigenvalue weighted by atomic mass is 28.4. The van der Waals surface area contributed by atoms with Gasteiger partial charge in [0.1, 0.15) is 0 Å². The van der Waals surface area contributed by atoms with Crippen LogP contribution in [0.1, 0.15) is 6.42 Å². The minimum atomic E-state index is -3.02. The van der Waals surface area contributed by atoms with Crippen LogP contribution in [0, 0.1) is 0 Å². The van der Waals surface area contributed by atoms with Crippen molar-refractivity contribution in [2.75, 3.05) is 55.5 Å². The van der Waals surface area contributed by atoms with Gasteiger partial charge in [0.2, 0.25) is 0 Å².